The van der Waals surface area contributed by atoms with Crippen molar-refractivity contribution in [1.29, 1.82) is 0 Å². The average Bonchev–Trinajstić information content (AvgIpc) is 2.16. The fraction of sp³-hybridized carbons (Fsp3) is 1.00. The van der Waals surface area contributed by atoms with Gasteiger partial charge in [0.15, 0.2) is 0 Å². The molecular formula is C6H9N3O6. The number of rotatable bonds is 3. The SMILES string of the molecule is O=[N+]([O-])C1CC([N+](=O)[O-])CC([N+](=O)[O-])C1. The summed E-state index contributed by atoms with van der Waals surface area (Å²) in [7, 11) is 0. The highest BCUT2D eigenvalue weighted by Gasteiger charge is 2.46. The van der Waals surface area contributed by atoms with E-state index in [9.17, 15) is 30.3 Å². The Bertz CT molecular complexity index is 252. The molecule has 0 amide bonds. The summed E-state index contributed by atoms with van der Waals surface area (Å²) in [5.41, 5.74) is 0. The Kier molecular flexibility index (Phi) is 3.12. The topological polar surface area (TPSA) is 129 Å². The normalized spacial score (nSPS) is 30.8. The number of nitrogens with zero attached hydrogens (tertiary/aromatic N) is 3. The molecule has 0 atom stereocenters. The summed E-state index contributed by atoms with van der Waals surface area (Å²) in [5.74, 6) is 0. The van der Waals surface area contributed by atoms with Crippen molar-refractivity contribution in [2.75, 3.05) is 0 Å². The van der Waals surface area contributed by atoms with Crippen molar-refractivity contribution >= 4 is 0 Å². The summed E-state index contributed by atoms with van der Waals surface area (Å²) in [4.78, 5) is 29.3. The first kappa shape index (κ1) is 11.3. The zero-order valence-corrected chi connectivity index (χ0v) is 7.64. The van der Waals surface area contributed by atoms with E-state index in [1.54, 1.807) is 0 Å². The van der Waals surface area contributed by atoms with E-state index in [4.69, 9.17) is 0 Å². The van der Waals surface area contributed by atoms with Crippen LogP contribution < -0.4 is 0 Å². The smallest absolute Gasteiger partial charge is 0.226 e. The van der Waals surface area contributed by atoms with E-state index in [0.29, 0.717) is 0 Å². The van der Waals surface area contributed by atoms with Crippen molar-refractivity contribution in [3.63, 3.8) is 0 Å². The predicted octanol–water partition coefficient (Wildman–Crippen LogP) is 0.106. The van der Waals surface area contributed by atoms with Gasteiger partial charge in [0.1, 0.15) is 0 Å². The molecule has 0 aromatic carbocycles. The van der Waals surface area contributed by atoms with Crippen LogP contribution in [0.25, 0.3) is 0 Å². The third kappa shape index (κ3) is 2.58. The molecule has 0 aliphatic heterocycles. The van der Waals surface area contributed by atoms with Crippen LogP contribution in [0.2, 0.25) is 0 Å². The first-order valence-electron chi connectivity index (χ1n) is 4.32. The maximum absolute atomic E-state index is 10.5. The van der Waals surface area contributed by atoms with Crippen LogP contribution in [0, 0.1) is 30.3 Å². The van der Waals surface area contributed by atoms with Gasteiger partial charge in [-0.15, -0.1) is 0 Å². The lowest BCUT2D eigenvalue weighted by atomic mass is 9.88. The van der Waals surface area contributed by atoms with E-state index in [-0.39, 0.29) is 19.3 Å². The van der Waals surface area contributed by atoms with Gasteiger partial charge in [-0.1, -0.05) is 0 Å². The summed E-state index contributed by atoms with van der Waals surface area (Å²) < 4.78 is 0. The van der Waals surface area contributed by atoms with Crippen LogP contribution in [-0.4, -0.2) is 32.9 Å². The van der Waals surface area contributed by atoms with E-state index in [1.807, 2.05) is 0 Å². The Labute approximate surface area is 83.5 Å². The van der Waals surface area contributed by atoms with Crippen molar-refractivity contribution in [2.45, 2.75) is 37.4 Å². The van der Waals surface area contributed by atoms with Crippen molar-refractivity contribution < 1.29 is 14.8 Å². The third-order valence-electron chi connectivity index (χ3n) is 2.53. The second-order valence-corrected chi connectivity index (χ2v) is 3.52. The van der Waals surface area contributed by atoms with Gasteiger partial charge in [-0.3, -0.25) is 30.3 Å². The van der Waals surface area contributed by atoms with Crippen LogP contribution in [0.3, 0.4) is 0 Å². The molecule has 84 valence electrons. The fourth-order valence-corrected chi connectivity index (χ4v) is 1.75. The maximum atomic E-state index is 10.5. The van der Waals surface area contributed by atoms with Gasteiger partial charge >= 0.3 is 0 Å². The van der Waals surface area contributed by atoms with E-state index in [2.05, 4.69) is 0 Å². The largest absolute Gasteiger partial charge is 0.264 e. The monoisotopic (exact) mass is 219 g/mol. The van der Waals surface area contributed by atoms with Crippen molar-refractivity contribution in [1.82, 2.24) is 0 Å². The first-order chi connectivity index (χ1) is 6.91. The summed E-state index contributed by atoms with van der Waals surface area (Å²) in [6.45, 7) is 0. The Morgan fingerprint density at radius 2 is 0.867 bits per heavy atom. The highest BCUT2D eigenvalue weighted by atomic mass is 16.6. The Morgan fingerprint density at radius 3 is 1.00 bits per heavy atom. The molecule has 1 rings (SSSR count). The molecular weight excluding hydrogens is 210 g/mol. The standard InChI is InChI=1S/C6H9N3O6/c10-7(11)4-1-5(8(12)13)3-6(2-4)9(14)15/h4-6H,1-3H2. The summed E-state index contributed by atoms with van der Waals surface area (Å²) >= 11 is 0. The second kappa shape index (κ2) is 4.15. The summed E-state index contributed by atoms with van der Waals surface area (Å²) in [6, 6.07) is -3.53. The van der Waals surface area contributed by atoms with Crippen molar-refractivity contribution in [3.05, 3.63) is 30.3 Å². The van der Waals surface area contributed by atoms with Crippen molar-refractivity contribution in [2.24, 2.45) is 0 Å². The van der Waals surface area contributed by atoms with Gasteiger partial charge in [0, 0.05) is 14.8 Å². The van der Waals surface area contributed by atoms with Gasteiger partial charge in [0.2, 0.25) is 18.1 Å². The van der Waals surface area contributed by atoms with Crippen molar-refractivity contribution in [3.8, 4) is 0 Å². The molecule has 0 aromatic heterocycles. The first-order valence-corrected chi connectivity index (χ1v) is 4.32. The highest BCUT2D eigenvalue weighted by Crippen LogP contribution is 2.24. The minimum Gasteiger partial charge on any atom is -0.264 e. The lowest BCUT2D eigenvalue weighted by Gasteiger charge is -2.21. The van der Waals surface area contributed by atoms with E-state index in [1.165, 1.54) is 0 Å². The molecule has 0 N–H and O–H groups in total. The van der Waals surface area contributed by atoms with Gasteiger partial charge in [-0.2, -0.15) is 0 Å². The predicted molar refractivity (Wildman–Crippen MR) is 46.2 cm³/mol. The molecule has 1 fully saturated rings. The van der Waals surface area contributed by atoms with Crippen LogP contribution >= 0.6 is 0 Å². The van der Waals surface area contributed by atoms with Gasteiger partial charge in [0.25, 0.3) is 0 Å². The minimum atomic E-state index is -1.18. The highest BCUT2D eigenvalue weighted by molar-refractivity contribution is 4.79. The minimum absolute atomic E-state index is 0.218. The molecule has 0 radical (unpaired) electrons. The van der Waals surface area contributed by atoms with E-state index in [0.717, 1.165) is 0 Å². The molecule has 9 heteroatoms. The zero-order valence-electron chi connectivity index (χ0n) is 7.64. The Hall–Kier alpha value is -1.80. The van der Waals surface area contributed by atoms with E-state index >= 15 is 0 Å². The number of nitro groups is 3. The van der Waals surface area contributed by atoms with Crippen LogP contribution in [0.4, 0.5) is 0 Å². The van der Waals surface area contributed by atoms with Gasteiger partial charge in [-0.25, -0.2) is 0 Å². The van der Waals surface area contributed by atoms with Gasteiger partial charge < -0.3 is 0 Å². The molecule has 1 saturated carbocycles. The molecule has 1 aliphatic carbocycles. The zero-order chi connectivity index (χ0) is 11.6. The molecule has 9 nitrogen and oxygen atoms in total. The molecule has 1 aliphatic rings. The van der Waals surface area contributed by atoms with E-state index < -0.39 is 32.9 Å². The molecule has 0 bridgehead atoms. The molecule has 0 heterocycles. The van der Waals surface area contributed by atoms with Crippen LogP contribution in [0.5, 0.6) is 0 Å². The quantitative estimate of drug-likeness (QED) is 0.489. The molecule has 15 heavy (non-hydrogen) atoms. The average molecular weight is 219 g/mol. The van der Waals surface area contributed by atoms with Gasteiger partial charge in [-0.05, 0) is 0 Å². The fourth-order valence-electron chi connectivity index (χ4n) is 1.75. The summed E-state index contributed by atoms with van der Waals surface area (Å²) in [5, 5.41) is 31.4. The third-order valence-corrected chi connectivity index (χ3v) is 2.53. The van der Waals surface area contributed by atoms with Gasteiger partial charge in [0.05, 0.1) is 19.3 Å². The molecule has 0 unspecified atom stereocenters. The van der Waals surface area contributed by atoms with Crippen LogP contribution in [0.1, 0.15) is 19.3 Å². The van der Waals surface area contributed by atoms with Crippen LogP contribution in [-0.2, 0) is 0 Å². The lowest BCUT2D eigenvalue weighted by molar-refractivity contribution is -0.604. The number of hydrogen-bond donors (Lipinski definition) is 0. The second-order valence-electron chi connectivity index (χ2n) is 3.52. The van der Waals surface area contributed by atoms with Crippen LogP contribution in [0.15, 0.2) is 0 Å². The lowest BCUT2D eigenvalue weighted by Crippen LogP contribution is -2.43. The Balaban J connectivity index is 2.77. The molecule has 0 saturated heterocycles. The molecule has 0 spiro atoms. The summed E-state index contributed by atoms with van der Waals surface area (Å²) in [6.07, 6.45) is -0.654. The molecule has 0 aromatic rings. The Morgan fingerprint density at radius 1 is 0.667 bits per heavy atom. The maximum Gasteiger partial charge on any atom is 0.226 e. The number of hydrogen-bond acceptors (Lipinski definition) is 6.